The molecule has 0 aliphatic carbocycles. The Hall–Kier alpha value is -3.84. The smallest absolute Gasteiger partial charge is 0.489 e. The molecule has 0 saturated carbocycles. The van der Waals surface area contributed by atoms with Crippen molar-refractivity contribution < 1.29 is 35.5 Å². The number of hydrogen-bond acceptors (Lipinski definition) is 6. The van der Waals surface area contributed by atoms with Crippen LogP contribution >= 0.6 is 11.8 Å². The van der Waals surface area contributed by atoms with Gasteiger partial charge in [0.15, 0.2) is 5.17 Å². The van der Waals surface area contributed by atoms with Crippen LogP contribution in [-0.2, 0) is 21.4 Å². The molecule has 1 amide bonds. The Labute approximate surface area is 213 Å². The van der Waals surface area contributed by atoms with Crippen LogP contribution in [0.15, 0.2) is 82.7 Å². The van der Waals surface area contributed by atoms with Crippen molar-refractivity contribution in [2.75, 3.05) is 10.0 Å². The molecule has 0 radical (unpaired) electrons. The van der Waals surface area contributed by atoms with E-state index in [2.05, 4.69) is 10.3 Å². The van der Waals surface area contributed by atoms with E-state index in [4.69, 9.17) is 4.74 Å². The number of nitrogens with one attached hydrogen (secondary N) is 2. The zero-order valence-corrected chi connectivity index (χ0v) is 20.3. The van der Waals surface area contributed by atoms with Gasteiger partial charge >= 0.3 is 15.5 Å². The van der Waals surface area contributed by atoms with Gasteiger partial charge in [0.2, 0.25) is 0 Å². The number of aliphatic imine (C=N–C) groups is 1. The molecule has 37 heavy (non-hydrogen) atoms. The summed E-state index contributed by atoms with van der Waals surface area (Å²) < 4.78 is 80.0. The molecule has 0 unspecified atom stereocenters. The molecule has 0 aromatic heterocycles. The van der Waals surface area contributed by atoms with Gasteiger partial charge in [-0.3, -0.25) is 9.52 Å². The Morgan fingerprint density at radius 1 is 0.919 bits per heavy atom. The maximum atomic E-state index is 13.0. The number of halogens is 4. The second kappa shape index (κ2) is 10.6. The Balaban J connectivity index is 1.33. The SMILES string of the molecule is O=C1N=C(Nc2ccc(NS(=O)(=O)C(F)(F)F)cc2)S/C1=C\c1ccc(OCc2ccc(F)cc2)cc1. The van der Waals surface area contributed by atoms with E-state index in [1.54, 1.807) is 42.5 Å². The maximum Gasteiger partial charge on any atom is 0.516 e. The first-order valence-corrected chi connectivity index (χ1v) is 12.7. The van der Waals surface area contributed by atoms with Crippen LogP contribution in [0.5, 0.6) is 5.75 Å². The summed E-state index contributed by atoms with van der Waals surface area (Å²) in [4.78, 5) is 16.5. The fraction of sp³-hybridized carbons (Fsp3) is 0.0833. The third-order valence-corrected chi connectivity index (χ3v) is 6.82. The number of ether oxygens (including phenoxy) is 1. The Morgan fingerprint density at radius 3 is 2.16 bits per heavy atom. The third kappa shape index (κ3) is 6.89. The molecule has 0 saturated heterocycles. The molecule has 1 aliphatic rings. The number of alkyl halides is 3. The lowest BCUT2D eigenvalue weighted by Gasteiger charge is -2.11. The second-order valence-corrected chi connectivity index (χ2v) is 10.3. The summed E-state index contributed by atoms with van der Waals surface area (Å²) in [5, 5.41) is 3.11. The topological polar surface area (TPSA) is 96.9 Å². The van der Waals surface area contributed by atoms with Gasteiger partial charge in [-0.15, -0.1) is 0 Å². The van der Waals surface area contributed by atoms with E-state index in [0.717, 1.165) is 35.0 Å². The molecule has 13 heteroatoms. The minimum absolute atomic E-state index is 0.249. The van der Waals surface area contributed by atoms with Gasteiger partial charge in [0.05, 0.1) is 4.91 Å². The number of carbonyl (C=O) groups excluding carboxylic acids is 1. The fourth-order valence-electron chi connectivity index (χ4n) is 2.98. The van der Waals surface area contributed by atoms with Gasteiger partial charge in [0.1, 0.15) is 18.2 Å². The van der Waals surface area contributed by atoms with Crippen molar-refractivity contribution in [2.24, 2.45) is 4.99 Å². The van der Waals surface area contributed by atoms with Gasteiger partial charge < -0.3 is 10.1 Å². The van der Waals surface area contributed by atoms with Crippen molar-refractivity contribution in [1.82, 2.24) is 0 Å². The molecule has 0 fully saturated rings. The van der Waals surface area contributed by atoms with Crippen molar-refractivity contribution in [3.8, 4) is 5.75 Å². The number of amides is 1. The number of nitrogens with zero attached hydrogens (tertiary/aromatic N) is 1. The molecule has 3 aromatic rings. The summed E-state index contributed by atoms with van der Waals surface area (Å²) in [6.45, 7) is 0.271. The standard InChI is InChI=1S/C24H17F4N3O4S2/c25-17-5-1-16(2-6-17)14-35-20-11-3-15(4-12-20)13-21-22(32)30-23(36-21)29-18-7-9-19(10-8-18)31-37(33,34)24(26,27)28/h1-13,31H,14H2,(H,29,30,32)/b21-13-. The Morgan fingerprint density at radius 2 is 1.54 bits per heavy atom. The van der Waals surface area contributed by atoms with E-state index >= 15 is 0 Å². The molecule has 7 nitrogen and oxygen atoms in total. The largest absolute Gasteiger partial charge is 0.516 e. The van der Waals surface area contributed by atoms with Crippen LogP contribution in [0.25, 0.3) is 6.08 Å². The van der Waals surface area contributed by atoms with Crippen LogP contribution < -0.4 is 14.8 Å². The van der Waals surface area contributed by atoms with Crippen molar-refractivity contribution >= 4 is 50.3 Å². The highest BCUT2D eigenvalue weighted by Crippen LogP contribution is 2.30. The predicted molar refractivity (Wildman–Crippen MR) is 134 cm³/mol. The molecule has 0 bridgehead atoms. The molecular weight excluding hydrogens is 534 g/mol. The summed E-state index contributed by atoms with van der Waals surface area (Å²) in [5.74, 6) is -0.203. The molecule has 4 rings (SSSR count). The molecule has 192 valence electrons. The number of thioether (sulfide) groups is 1. The normalized spacial score (nSPS) is 15.0. The highest BCUT2D eigenvalue weighted by molar-refractivity contribution is 8.18. The average Bonchev–Trinajstić information content (AvgIpc) is 3.18. The van der Waals surface area contributed by atoms with Gasteiger partial charge in [0, 0.05) is 11.4 Å². The first-order valence-electron chi connectivity index (χ1n) is 10.4. The van der Waals surface area contributed by atoms with Crippen LogP contribution in [0.1, 0.15) is 11.1 Å². The van der Waals surface area contributed by atoms with E-state index in [0.29, 0.717) is 16.3 Å². The van der Waals surface area contributed by atoms with Crippen LogP contribution in [0.2, 0.25) is 0 Å². The summed E-state index contributed by atoms with van der Waals surface area (Å²) in [6, 6.07) is 17.9. The monoisotopic (exact) mass is 551 g/mol. The summed E-state index contributed by atoms with van der Waals surface area (Å²) in [7, 11) is -5.52. The lowest BCUT2D eigenvalue weighted by molar-refractivity contribution is -0.113. The van der Waals surface area contributed by atoms with Crippen molar-refractivity contribution in [3.05, 3.63) is 94.6 Å². The molecule has 3 aromatic carbocycles. The van der Waals surface area contributed by atoms with Gasteiger partial charge in [-0.25, -0.2) is 4.39 Å². The minimum Gasteiger partial charge on any atom is -0.489 e. The van der Waals surface area contributed by atoms with Crippen molar-refractivity contribution in [1.29, 1.82) is 0 Å². The van der Waals surface area contributed by atoms with Gasteiger partial charge in [-0.2, -0.15) is 26.6 Å². The van der Waals surface area contributed by atoms with Crippen molar-refractivity contribution in [2.45, 2.75) is 12.1 Å². The minimum atomic E-state index is -5.52. The molecule has 1 heterocycles. The number of carbonyl (C=O) groups is 1. The number of sulfonamides is 1. The lowest BCUT2D eigenvalue weighted by atomic mass is 10.2. The molecule has 0 atom stereocenters. The molecule has 2 N–H and O–H groups in total. The Bertz CT molecular complexity index is 1450. The zero-order chi connectivity index (χ0) is 26.6. The van der Waals surface area contributed by atoms with Gasteiger partial charge in [0.25, 0.3) is 5.91 Å². The number of hydrogen-bond donors (Lipinski definition) is 2. The summed E-state index contributed by atoms with van der Waals surface area (Å²) >= 11 is 1.07. The summed E-state index contributed by atoms with van der Waals surface area (Å²) in [6.07, 6.45) is 1.64. The second-order valence-electron chi connectivity index (χ2n) is 7.57. The third-order valence-electron chi connectivity index (χ3n) is 4.81. The Kier molecular flexibility index (Phi) is 7.55. The van der Waals surface area contributed by atoms with E-state index < -0.39 is 21.4 Å². The predicted octanol–water partition coefficient (Wildman–Crippen LogP) is 5.75. The quantitative estimate of drug-likeness (QED) is 0.287. The van der Waals surface area contributed by atoms with Crippen LogP contribution in [0.4, 0.5) is 28.9 Å². The van der Waals surface area contributed by atoms with E-state index in [1.807, 2.05) is 0 Å². The van der Waals surface area contributed by atoms with Gasteiger partial charge in [-0.1, -0.05) is 24.3 Å². The van der Waals surface area contributed by atoms with Crippen molar-refractivity contribution in [3.63, 3.8) is 0 Å². The first-order chi connectivity index (χ1) is 17.5. The maximum absolute atomic E-state index is 13.0. The zero-order valence-electron chi connectivity index (χ0n) is 18.6. The number of benzene rings is 3. The number of rotatable bonds is 7. The number of amidine groups is 1. The van der Waals surface area contributed by atoms with E-state index in [1.165, 1.54) is 29.0 Å². The van der Waals surface area contributed by atoms with Gasteiger partial charge in [-0.05, 0) is 77.5 Å². The summed E-state index contributed by atoms with van der Waals surface area (Å²) in [5.41, 5.74) is -3.78. The molecule has 1 aliphatic heterocycles. The molecule has 0 spiro atoms. The average molecular weight is 552 g/mol. The van der Waals surface area contributed by atoms with E-state index in [-0.39, 0.29) is 23.3 Å². The number of anilines is 2. The lowest BCUT2D eigenvalue weighted by Crippen LogP contribution is -2.29. The van der Waals surface area contributed by atoms with Crippen LogP contribution in [0, 0.1) is 5.82 Å². The van der Waals surface area contributed by atoms with Crippen LogP contribution in [0.3, 0.4) is 0 Å². The fourth-order valence-corrected chi connectivity index (χ4v) is 4.38. The highest BCUT2D eigenvalue weighted by atomic mass is 32.2. The van der Waals surface area contributed by atoms with E-state index in [9.17, 15) is 30.8 Å². The first kappa shape index (κ1) is 26.2. The highest BCUT2D eigenvalue weighted by Gasteiger charge is 2.46. The van der Waals surface area contributed by atoms with Crippen LogP contribution in [-0.4, -0.2) is 25.0 Å². The molecular formula is C24H17F4N3O4S2.